The molecule has 1 rings (SSSR count). The molecule has 0 fully saturated rings. The van der Waals surface area contributed by atoms with E-state index in [9.17, 15) is 4.79 Å². The maximum atomic E-state index is 10.9. The summed E-state index contributed by atoms with van der Waals surface area (Å²) in [4.78, 5) is 10.9. The molecule has 1 aromatic carbocycles. The number of halogens is 1. The van der Waals surface area contributed by atoms with Crippen molar-refractivity contribution in [1.29, 1.82) is 0 Å². The highest BCUT2D eigenvalue weighted by Crippen LogP contribution is 2.19. The van der Waals surface area contributed by atoms with Crippen molar-refractivity contribution in [3.63, 3.8) is 0 Å². The van der Waals surface area contributed by atoms with Gasteiger partial charge in [-0.2, -0.15) is 0 Å². The van der Waals surface area contributed by atoms with Gasteiger partial charge in [-0.1, -0.05) is 15.9 Å². The van der Waals surface area contributed by atoms with Crippen LogP contribution in [-0.4, -0.2) is 13.2 Å². The minimum absolute atomic E-state index is 0.453. The number of benzene rings is 1. The van der Waals surface area contributed by atoms with Gasteiger partial charge in [0.05, 0.1) is 7.11 Å². The molecule has 0 spiro atoms. The van der Waals surface area contributed by atoms with Gasteiger partial charge < -0.3 is 4.74 Å². The van der Waals surface area contributed by atoms with Crippen LogP contribution in [0.1, 0.15) is 5.56 Å². The molecule has 0 bridgehead atoms. The second-order valence-electron chi connectivity index (χ2n) is 2.58. The molecule has 0 unspecified atom stereocenters. The second-order valence-corrected chi connectivity index (χ2v) is 3.49. The minimum atomic E-state index is -0.453. The monoisotopic (exact) mass is 243 g/mol. The topological polar surface area (TPSA) is 38.3 Å². The van der Waals surface area contributed by atoms with E-state index in [4.69, 9.17) is 0 Å². The predicted octanol–water partition coefficient (Wildman–Crippen LogP) is 2.94. The second kappa shape index (κ2) is 4.28. The lowest BCUT2D eigenvalue weighted by molar-refractivity contribution is 0.187. The third-order valence-corrected chi connectivity index (χ3v) is 2.10. The zero-order valence-corrected chi connectivity index (χ0v) is 9.01. The molecule has 3 nitrogen and oxygen atoms in total. The highest BCUT2D eigenvalue weighted by atomic mass is 79.9. The molecule has 1 amide bonds. The van der Waals surface area contributed by atoms with Crippen LogP contribution in [0.25, 0.3) is 0 Å². The Hall–Kier alpha value is -1.03. The molecule has 0 aliphatic carbocycles. The standard InChI is InChI=1S/C9H10BrNO2/c1-6-5-7(10)3-4-8(6)11-9(12)13-2/h3-5H,1-2H3,(H,11,12). The fraction of sp³-hybridized carbons (Fsp3) is 0.222. The first-order valence-electron chi connectivity index (χ1n) is 3.74. The van der Waals surface area contributed by atoms with Gasteiger partial charge >= 0.3 is 6.09 Å². The van der Waals surface area contributed by atoms with E-state index >= 15 is 0 Å². The third-order valence-electron chi connectivity index (χ3n) is 1.61. The number of rotatable bonds is 1. The highest BCUT2D eigenvalue weighted by molar-refractivity contribution is 9.10. The average Bonchev–Trinajstić information content (AvgIpc) is 2.09. The fourth-order valence-electron chi connectivity index (χ4n) is 0.928. The molecule has 0 aliphatic rings. The summed E-state index contributed by atoms with van der Waals surface area (Å²) in [6, 6.07) is 5.60. The quantitative estimate of drug-likeness (QED) is 0.824. The van der Waals surface area contributed by atoms with Crippen molar-refractivity contribution in [1.82, 2.24) is 0 Å². The van der Waals surface area contributed by atoms with Gasteiger partial charge in [0, 0.05) is 10.2 Å². The predicted molar refractivity (Wildman–Crippen MR) is 54.9 cm³/mol. The first-order valence-corrected chi connectivity index (χ1v) is 4.54. The van der Waals surface area contributed by atoms with E-state index in [-0.39, 0.29) is 0 Å². The first kappa shape index (κ1) is 10.1. The van der Waals surface area contributed by atoms with E-state index in [1.54, 1.807) is 0 Å². The van der Waals surface area contributed by atoms with E-state index in [1.165, 1.54) is 7.11 Å². The Morgan fingerprint density at radius 3 is 2.77 bits per heavy atom. The van der Waals surface area contributed by atoms with E-state index in [0.717, 1.165) is 15.7 Å². The summed E-state index contributed by atoms with van der Waals surface area (Å²) in [5.41, 5.74) is 1.75. The van der Waals surface area contributed by atoms with Crippen molar-refractivity contribution in [3.05, 3.63) is 28.2 Å². The Labute approximate surface area is 85.2 Å². The zero-order chi connectivity index (χ0) is 9.84. The number of carbonyl (C=O) groups excluding carboxylic acids is 1. The van der Waals surface area contributed by atoms with Gasteiger partial charge in [-0.05, 0) is 30.7 Å². The van der Waals surface area contributed by atoms with Crippen LogP contribution < -0.4 is 5.32 Å². The van der Waals surface area contributed by atoms with Gasteiger partial charge in [-0.3, -0.25) is 5.32 Å². The summed E-state index contributed by atoms with van der Waals surface area (Å²) in [7, 11) is 1.34. The Bertz CT molecular complexity index is 325. The molecule has 1 aromatic rings. The number of carbonyl (C=O) groups is 1. The normalized spacial score (nSPS) is 9.46. The van der Waals surface area contributed by atoms with Gasteiger partial charge in [0.15, 0.2) is 0 Å². The van der Waals surface area contributed by atoms with Crippen LogP contribution >= 0.6 is 15.9 Å². The number of amides is 1. The molecule has 0 aromatic heterocycles. The molecule has 0 saturated heterocycles. The van der Waals surface area contributed by atoms with Gasteiger partial charge in [-0.25, -0.2) is 4.79 Å². The van der Waals surface area contributed by atoms with Crippen LogP contribution in [0.2, 0.25) is 0 Å². The lowest BCUT2D eigenvalue weighted by Crippen LogP contribution is -2.11. The molecule has 0 heterocycles. The van der Waals surface area contributed by atoms with Crippen LogP contribution in [0.3, 0.4) is 0 Å². The number of ether oxygens (including phenoxy) is 1. The molecule has 0 radical (unpaired) electrons. The van der Waals surface area contributed by atoms with Crippen LogP contribution in [0.4, 0.5) is 10.5 Å². The molecule has 0 atom stereocenters. The van der Waals surface area contributed by atoms with Crippen LogP contribution in [-0.2, 0) is 4.74 Å². The number of hydrogen-bond donors (Lipinski definition) is 1. The SMILES string of the molecule is COC(=O)Nc1ccc(Br)cc1C. The van der Waals surface area contributed by atoms with E-state index in [2.05, 4.69) is 26.0 Å². The molecular weight excluding hydrogens is 234 g/mol. The van der Waals surface area contributed by atoms with Crippen molar-refractivity contribution in [2.24, 2.45) is 0 Å². The summed E-state index contributed by atoms with van der Waals surface area (Å²) in [6.07, 6.45) is -0.453. The molecular formula is C9H10BrNO2. The third kappa shape index (κ3) is 2.73. The van der Waals surface area contributed by atoms with Gasteiger partial charge in [-0.15, -0.1) is 0 Å². The van der Waals surface area contributed by atoms with Gasteiger partial charge in [0.25, 0.3) is 0 Å². The first-order chi connectivity index (χ1) is 6.13. The molecule has 13 heavy (non-hydrogen) atoms. The Morgan fingerprint density at radius 2 is 2.23 bits per heavy atom. The zero-order valence-electron chi connectivity index (χ0n) is 7.43. The lowest BCUT2D eigenvalue weighted by Gasteiger charge is -2.06. The van der Waals surface area contributed by atoms with Crippen molar-refractivity contribution in [2.45, 2.75) is 6.92 Å². The van der Waals surface area contributed by atoms with Crippen LogP contribution in [0, 0.1) is 6.92 Å². The van der Waals surface area contributed by atoms with Crippen molar-refractivity contribution >= 4 is 27.7 Å². The van der Waals surface area contributed by atoms with Crippen molar-refractivity contribution in [2.75, 3.05) is 12.4 Å². The van der Waals surface area contributed by atoms with Crippen LogP contribution in [0.5, 0.6) is 0 Å². The summed E-state index contributed by atoms with van der Waals surface area (Å²) >= 11 is 3.34. The summed E-state index contributed by atoms with van der Waals surface area (Å²) in [6.45, 7) is 1.91. The number of nitrogens with one attached hydrogen (secondary N) is 1. The van der Waals surface area contributed by atoms with Crippen molar-refractivity contribution in [3.8, 4) is 0 Å². The Balaban J connectivity index is 2.83. The molecule has 1 N–H and O–H groups in total. The Morgan fingerprint density at radius 1 is 1.54 bits per heavy atom. The van der Waals surface area contributed by atoms with E-state index < -0.39 is 6.09 Å². The van der Waals surface area contributed by atoms with E-state index in [1.807, 2.05) is 25.1 Å². The average molecular weight is 244 g/mol. The van der Waals surface area contributed by atoms with Crippen molar-refractivity contribution < 1.29 is 9.53 Å². The molecule has 4 heteroatoms. The number of hydrogen-bond acceptors (Lipinski definition) is 2. The number of anilines is 1. The summed E-state index contributed by atoms with van der Waals surface area (Å²) in [5.74, 6) is 0. The van der Waals surface area contributed by atoms with Gasteiger partial charge in [0.2, 0.25) is 0 Å². The van der Waals surface area contributed by atoms with Crippen LogP contribution in [0.15, 0.2) is 22.7 Å². The number of aryl methyl sites for hydroxylation is 1. The van der Waals surface area contributed by atoms with E-state index in [0.29, 0.717) is 0 Å². The maximum Gasteiger partial charge on any atom is 0.411 e. The molecule has 0 saturated carbocycles. The largest absolute Gasteiger partial charge is 0.453 e. The molecule has 0 aliphatic heterocycles. The smallest absolute Gasteiger partial charge is 0.411 e. The molecule has 70 valence electrons. The summed E-state index contributed by atoms with van der Waals surface area (Å²) in [5, 5.41) is 2.61. The Kier molecular flexibility index (Phi) is 3.31. The fourth-order valence-corrected chi connectivity index (χ4v) is 1.40. The maximum absolute atomic E-state index is 10.9. The van der Waals surface area contributed by atoms with Gasteiger partial charge in [0.1, 0.15) is 0 Å². The lowest BCUT2D eigenvalue weighted by atomic mass is 10.2. The summed E-state index contributed by atoms with van der Waals surface area (Å²) < 4.78 is 5.46. The minimum Gasteiger partial charge on any atom is -0.453 e. The highest BCUT2D eigenvalue weighted by Gasteiger charge is 2.03. The number of methoxy groups -OCH3 is 1.